The molecule has 1 amide bonds. The summed E-state index contributed by atoms with van der Waals surface area (Å²) < 4.78 is 31.5. The number of ether oxygens (including phenoxy) is 1. The van der Waals surface area contributed by atoms with Gasteiger partial charge in [-0.3, -0.25) is 4.79 Å². The third kappa shape index (κ3) is 4.33. The molecular weight excluding hydrogens is 294 g/mol. The third-order valence-electron chi connectivity index (χ3n) is 3.04. The van der Waals surface area contributed by atoms with E-state index >= 15 is 0 Å². The highest BCUT2D eigenvalue weighted by molar-refractivity contribution is 7.89. The molecule has 0 aliphatic carbocycles. The van der Waals surface area contributed by atoms with Crippen LogP contribution in [-0.2, 0) is 14.8 Å². The van der Waals surface area contributed by atoms with E-state index < -0.39 is 10.0 Å². The molecule has 3 N–H and O–H groups in total. The number of nitrogens with two attached hydrogens (primary N) is 1. The number of nitrogens with one attached hydrogen (secondary N) is 1. The first-order chi connectivity index (χ1) is 9.85. The van der Waals surface area contributed by atoms with E-state index in [1.54, 1.807) is 4.90 Å². The zero-order valence-electron chi connectivity index (χ0n) is 12.4. The number of carbonyl (C=O) groups excluding carboxylic acids is 1. The SMILES string of the molecule is CCN(CC)C(=O)CNS(=O)(=O)c1ccc(OC)c(N)c1. The number of rotatable bonds is 7. The van der Waals surface area contributed by atoms with Crippen LogP contribution in [0.15, 0.2) is 23.1 Å². The highest BCUT2D eigenvalue weighted by Crippen LogP contribution is 2.24. The molecule has 1 aromatic rings. The van der Waals surface area contributed by atoms with E-state index in [-0.39, 0.29) is 23.0 Å². The Morgan fingerprint density at radius 3 is 2.43 bits per heavy atom. The zero-order chi connectivity index (χ0) is 16.0. The molecule has 0 aromatic heterocycles. The van der Waals surface area contributed by atoms with Gasteiger partial charge in [-0.2, -0.15) is 0 Å². The molecule has 0 fully saturated rings. The lowest BCUT2D eigenvalue weighted by Gasteiger charge is -2.18. The number of benzene rings is 1. The lowest BCUT2D eigenvalue weighted by molar-refractivity contribution is -0.129. The first-order valence-corrected chi connectivity index (χ1v) is 8.05. The van der Waals surface area contributed by atoms with Gasteiger partial charge in [0.1, 0.15) is 5.75 Å². The molecule has 0 aliphatic rings. The van der Waals surface area contributed by atoms with E-state index in [1.165, 1.54) is 25.3 Å². The molecule has 0 atom stereocenters. The van der Waals surface area contributed by atoms with Gasteiger partial charge in [-0.25, -0.2) is 13.1 Å². The molecule has 1 aromatic carbocycles. The van der Waals surface area contributed by atoms with Gasteiger partial charge in [0.25, 0.3) is 0 Å². The summed E-state index contributed by atoms with van der Waals surface area (Å²) in [4.78, 5) is 13.3. The number of anilines is 1. The largest absolute Gasteiger partial charge is 0.495 e. The fraction of sp³-hybridized carbons (Fsp3) is 0.462. The molecule has 1 rings (SSSR count). The second-order valence-corrected chi connectivity index (χ2v) is 6.06. The summed E-state index contributed by atoms with van der Waals surface area (Å²) in [7, 11) is -2.34. The number of hydrogen-bond acceptors (Lipinski definition) is 5. The van der Waals surface area contributed by atoms with Crippen molar-refractivity contribution in [2.75, 3.05) is 32.5 Å². The Labute approximate surface area is 125 Å². The second-order valence-electron chi connectivity index (χ2n) is 4.29. The molecule has 0 aliphatic heterocycles. The third-order valence-corrected chi connectivity index (χ3v) is 4.44. The average molecular weight is 315 g/mol. The number of carbonyl (C=O) groups is 1. The second kappa shape index (κ2) is 7.28. The number of nitrogen functional groups attached to an aromatic ring is 1. The van der Waals surface area contributed by atoms with Crippen LogP contribution in [0.1, 0.15) is 13.8 Å². The minimum Gasteiger partial charge on any atom is -0.495 e. The molecule has 0 saturated carbocycles. The Kier molecular flexibility index (Phi) is 5.98. The van der Waals surface area contributed by atoms with Crippen LogP contribution in [0.3, 0.4) is 0 Å². The van der Waals surface area contributed by atoms with Crippen LogP contribution in [0.2, 0.25) is 0 Å². The molecule has 21 heavy (non-hydrogen) atoms. The molecule has 8 heteroatoms. The zero-order valence-corrected chi connectivity index (χ0v) is 13.2. The lowest BCUT2D eigenvalue weighted by atomic mass is 10.3. The van der Waals surface area contributed by atoms with Gasteiger partial charge in [0, 0.05) is 13.1 Å². The first kappa shape index (κ1) is 17.3. The summed E-state index contributed by atoms with van der Waals surface area (Å²) >= 11 is 0. The Hall–Kier alpha value is -1.80. The summed E-state index contributed by atoms with van der Waals surface area (Å²) in [5, 5.41) is 0. The van der Waals surface area contributed by atoms with E-state index in [4.69, 9.17) is 10.5 Å². The summed E-state index contributed by atoms with van der Waals surface area (Å²) in [5.41, 5.74) is 5.90. The summed E-state index contributed by atoms with van der Waals surface area (Å²) in [6.45, 7) is 4.45. The van der Waals surface area contributed by atoms with Gasteiger partial charge in [-0.05, 0) is 32.0 Å². The van der Waals surface area contributed by atoms with Crippen LogP contribution in [0.4, 0.5) is 5.69 Å². The number of likely N-dealkylation sites (N-methyl/N-ethyl adjacent to an activating group) is 1. The van der Waals surface area contributed by atoms with Crippen molar-refractivity contribution in [1.82, 2.24) is 9.62 Å². The van der Waals surface area contributed by atoms with E-state index in [2.05, 4.69) is 4.72 Å². The van der Waals surface area contributed by atoms with Gasteiger partial charge in [-0.15, -0.1) is 0 Å². The maximum atomic E-state index is 12.1. The van der Waals surface area contributed by atoms with E-state index in [1.807, 2.05) is 13.8 Å². The van der Waals surface area contributed by atoms with Crippen molar-refractivity contribution >= 4 is 21.6 Å². The molecule has 118 valence electrons. The van der Waals surface area contributed by atoms with Crippen molar-refractivity contribution in [3.05, 3.63) is 18.2 Å². The van der Waals surface area contributed by atoms with Crippen LogP contribution in [0, 0.1) is 0 Å². The number of nitrogens with zero attached hydrogens (tertiary/aromatic N) is 1. The molecule has 0 radical (unpaired) electrons. The van der Waals surface area contributed by atoms with Gasteiger partial charge >= 0.3 is 0 Å². The molecular formula is C13H21N3O4S. The van der Waals surface area contributed by atoms with Crippen LogP contribution >= 0.6 is 0 Å². The topological polar surface area (TPSA) is 102 Å². The van der Waals surface area contributed by atoms with E-state index in [0.717, 1.165) is 0 Å². The quantitative estimate of drug-likeness (QED) is 0.710. The van der Waals surface area contributed by atoms with Crippen molar-refractivity contribution in [2.45, 2.75) is 18.7 Å². The normalized spacial score (nSPS) is 11.2. The summed E-state index contributed by atoms with van der Waals surface area (Å²) in [6, 6.07) is 4.14. The number of hydrogen-bond donors (Lipinski definition) is 2. The van der Waals surface area contributed by atoms with Gasteiger partial charge in [-0.1, -0.05) is 0 Å². The van der Waals surface area contributed by atoms with Crippen molar-refractivity contribution in [2.24, 2.45) is 0 Å². The van der Waals surface area contributed by atoms with E-state index in [9.17, 15) is 13.2 Å². The monoisotopic (exact) mass is 315 g/mol. The molecule has 0 saturated heterocycles. The number of amides is 1. The van der Waals surface area contributed by atoms with Gasteiger partial charge in [0.05, 0.1) is 24.2 Å². The maximum absolute atomic E-state index is 12.1. The molecule has 0 unspecified atom stereocenters. The van der Waals surface area contributed by atoms with Gasteiger partial charge in [0.2, 0.25) is 15.9 Å². The van der Waals surface area contributed by atoms with Crippen LogP contribution in [-0.4, -0.2) is 46.0 Å². The van der Waals surface area contributed by atoms with Crippen LogP contribution in [0.5, 0.6) is 5.75 Å². The Bertz CT molecular complexity index is 597. The molecule has 0 heterocycles. The Morgan fingerprint density at radius 1 is 1.33 bits per heavy atom. The van der Waals surface area contributed by atoms with E-state index in [0.29, 0.717) is 18.8 Å². The minimum absolute atomic E-state index is 0.00635. The van der Waals surface area contributed by atoms with Gasteiger partial charge in [0.15, 0.2) is 0 Å². The average Bonchev–Trinajstić information content (AvgIpc) is 2.46. The lowest BCUT2D eigenvalue weighted by Crippen LogP contribution is -2.39. The predicted octanol–water partition coefficient (Wildman–Crippen LogP) is 0.424. The van der Waals surface area contributed by atoms with Crippen molar-refractivity contribution in [3.63, 3.8) is 0 Å². The summed E-state index contributed by atoms with van der Waals surface area (Å²) in [6.07, 6.45) is 0. The first-order valence-electron chi connectivity index (χ1n) is 6.56. The smallest absolute Gasteiger partial charge is 0.241 e. The molecule has 0 spiro atoms. The molecule has 0 bridgehead atoms. The van der Waals surface area contributed by atoms with Crippen molar-refractivity contribution in [3.8, 4) is 5.75 Å². The Morgan fingerprint density at radius 2 is 1.95 bits per heavy atom. The summed E-state index contributed by atoms with van der Waals surface area (Å²) in [5.74, 6) is 0.123. The number of sulfonamides is 1. The van der Waals surface area contributed by atoms with Crippen molar-refractivity contribution in [1.29, 1.82) is 0 Å². The predicted molar refractivity (Wildman–Crippen MR) is 80.5 cm³/mol. The van der Waals surface area contributed by atoms with Gasteiger partial charge < -0.3 is 15.4 Å². The fourth-order valence-corrected chi connectivity index (χ4v) is 2.82. The maximum Gasteiger partial charge on any atom is 0.241 e. The highest BCUT2D eigenvalue weighted by Gasteiger charge is 2.18. The standard InChI is InChI=1S/C13H21N3O4S/c1-4-16(5-2)13(17)9-15-21(18,19)10-6-7-12(20-3)11(14)8-10/h6-8,15H,4-5,9,14H2,1-3H3. The van der Waals surface area contributed by atoms with Crippen LogP contribution < -0.4 is 15.2 Å². The minimum atomic E-state index is -3.79. The number of methoxy groups -OCH3 is 1. The Balaban J connectivity index is 2.83. The fourth-order valence-electron chi connectivity index (χ4n) is 1.81. The van der Waals surface area contributed by atoms with Crippen LogP contribution in [0.25, 0.3) is 0 Å². The van der Waals surface area contributed by atoms with Crippen molar-refractivity contribution < 1.29 is 17.9 Å². The highest BCUT2D eigenvalue weighted by atomic mass is 32.2. The molecule has 7 nitrogen and oxygen atoms in total.